The summed E-state index contributed by atoms with van der Waals surface area (Å²) in [6.45, 7) is 0. The predicted molar refractivity (Wildman–Crippen MR) is 81.9 cm³/mol. The van der Waals surface area contributed by atoms with Crippen molar-refractivity contribution in [2.75, 3.05) is 5.43 Å². The fraction of sp³-hybridized carbons (Fsp3) is 0.286. The molecule has 0 radical (unpaired) electrons. The van der Waals surface area contributed by atoms with Crippen molar-refractivity contribution in [2.45, 2.75) is 25.7 Å². The summed E-state index contributed by atoms with van der Waals surface area (Å²) in [6, 6.07) is 5.26. The number of nitrogen functional groups attached to an aromatic ring is 1. The van der Waals surface area contributed by atoms with Crippen LogP contribution in [0.4, 0.5) is 5.82 Å². The van der Waals surface area contributed by atoms with Crippen LogP contribution in [0.3, 0.4) is 0 Å². The van der Waals surface area contributed by atoms with Crippen molar-refractivity contribution in [2.24, 2.45) is 5.84 Å². The number of rotatable bonds is 2. The fourth-order valence-electron chi connectivity index (χ4n) is 2.50. The van der Waals surface area contributed by atoms with Crippen LogP contribution < -0.4 is 11.3 Å². The molecule has 0 aliphatic heterocycles. The molecule has 1 heterocycles. The van der Waals surface area contributed by atoms with Gasteiger partial charge in [0.25, 0.3) is 0 Å². The molecule has 3 N–H and O–H groups in total. The van der Waals surface area contributed by atoms with Gasteiger partial charge < -0.3 is 5.43 Å². The second-order valence-electron chi connectivity index (χ2n) is 4.80. The predicted octanol–water partition coefficient (Wildman–Crippen LogP) is 3.61. The van der Waals surface area contributed by atoms with Gasteiger partial charge in [-0.05, 0) is 43.9 Å². The van der Waals surface area contributed by atoms with E-state index in [4.69, 9.17) is 29.0 Å². The van der Waals surface area contributed by atoms with Crippen molar-refractivity contribution < 1.29 is 0 Å². The molecule has 104 valence electrons. The lowest BCUT2D eigenvalue weighted by atomic mass is 9.96. The zero-order valence-corrected chi connectivity index (χ0v) is 12.3. The van der Waals surface area contributed by atoms with Gasteiger partial charge in [0.2, 0.25) is 0 Å². The van der Waals surface area contributed by atoms with Gasteiger partial charge in [0, 0.05) is 21.8 Å². The highest BCUT2D eigenvalue weighted by atomic mass is 35.5. The first-order valence-electron chi connectivity index (χ1n) is 6.51. The first kappa shape index (κ1) is 13.6. The van der Waals surface area contributed by atoms with Gasteiger partial charge in [-0.3, -0.25) is 0 Å². The average molecular weight is 309 g/mol. The van der Waals surface area contributed by atoms with Crippen LogP contribution in [0.25, 0.3) is 11.4 Å². The van der Waals surface area contributed by atoms with Gasteiger partial charge in [0.05, 0.1) is 5.02 Å². The third-order valence-electron chi connectivity index (χ3n) is 3.49. The smallest absolute Gasteiger partial charge is 0.163 e. The molecule has 4 nitrogen and oxygen atoms in total. The van der Waals surface area contributed by atoms with E-state index in [2.05, 4.69) is 15.4 Å². The summed E-state index contributed by atoms with van der Waals surface area (Å²) in [5.74, 6) is 6.83. The maximum atomic E-state index is 6.22. The quantitative estimate of drug-likeness (QED) is 0.657. The highest BCUT2D eigenvalue weighted by Gasteiger charge is 2.19. The number of benzene rings is 1. The summed E-state index contributed by atoms with van der Waals surface area (Å²) in [7, 11) is 0. The normalized spacial score (nSPS) is 13.9. The van der Waals surface area contributed by atoms with Crippen LogP contribution in [0.5, 0.6) is 0 Å². The topological polar surface area (TPSA) is 63.8 Å². The van der Waals surface area contributed by atoms with Crippen LogP contribution in [-0.2, 0) is 12.8 Å². The van der Waals surface area contributed by atoms with Gasteiger partial charge in [-0.25, -0.2) is 15.8 Å². The molecule has 0 unspecified atom stereocenters. The van der Waals surface area contributed by atoms with Crippen molar-refractivity contribution in [1.29, 1.82) is 0 Å². The molecule has 1 aromatic heterocycles. The third kappa shape index (κ3) is 2.46. The Kier molecular flexibility index (Phi) is 3.78. The molecule has 6 heteroatoms. The highest BCUT2D eigenvalue weighted by molar-refractivity contribution is 6.35. The van der Waals surface area contributed by atoms with Crippen LogP contribution in [0.2, 0.25) is 10.0 Å². The Morgan fingerprint density at radius 3 is 2.70 bits per heavy atom. The lowest BCUT2D eigenvalue weighted by molar-refractivity contribution is 0.665. The van der Waals surface area contributed by atoms with Gasteiger partial charge in [0.1, 0.15) is 5.82 Å². The number of aryl methyl sites for hydroxylation is 1. The largest absolute Gasteiger partial charge is 0.308 e. The number of nitrogens with one attached hydrogen (secondary N) is 1. The maximum absolute atomic E-state index is 6.22. The summed E-state index contributed by atoms with van der Waals surface area (Å²) in [4.78, 5) is 9.13. The number of hydrogen-bond acceptors (Lipinski definition) is 4. The zero-order chi connectivity index (χ0) is 14.1. The van der Waals surface area contributed by atoms with Crippen molar-refractivity contribution >= 4 is 29.0 Å². The Labute approximate surface area is 127 Å². The Morgan fingerprint density at radius 2 is 1.90 bits per heavy atom. The van der Waals surface area contributed by atoms with E-state index in [0.29, 0.717) is 21.7 Å². The number of nitrogens with two attached hydrogens (primary N) is 1. The molecule has 0 spiro atoms. The third-order valence-corrected chi connectivity index (χ3v) is 4.05. The molecule has 1 aliphatic carbocycles. The van der Waals surface area contributed by atoms with Crippen LogP contribution >= 0.6 is 23.2 Å². The number of aromatic nitrogens is 2. The molecule has 3 rings (SSSR count). The van der Waals surface area contributed by atoms with E-state index < -0.39 is 0 Å². The van der Waals surface area contributed by atoms with E-state index in [1.54, 1.807) is 18.2 Å². The molecular formula is C14H14Cl2N4. The first-order valence-corrected chi connectivity index (χ1v) is 7.26. The van der Waals surface area contributed by atoms with E-state index in [0.717, 1.165) is 42.5 Å². The van der Waals surface area contributed by atoms with E-state index in [-0.39, 0.29) is 0 Å². The molecule has 0 atom stereocenters. The number of hydrazine groups is 1. The lowest BCUT2D eigenvalue weighted by Gasteiger charge is -2.19. The number of fused-ring (bicyclic) bond motifs is 1. The average Bonchev–Trinajstić information content (AvgIpc) is 2.48. The standard InChI is InChI=1S/C14H14Cl2N4/c15-8-5-6-11(16)10(7-8)13-18-12-4-2-1-3-9(12)14(19-13)20-17/h5-7H,1-4,17H2,(H,18,19,20). The van der Waals surface area contributed by atoms with Crippen LogP contribution in [-0.4, -0.2) is 9.97 Å². The van der Waals surface area contributed by atoms with E-state index >= 15 is 0 Å². The molecule has 0 fully saturated rings. The Bertz CT molecular complexity index is 641. The summed E-state index contributed by atoms with van der Waals surface area (Å²) in [5, 5.41) is 1.18. The lowest BCUT2D eigenvalue weighted by Crippen LogP contribution is -2.17. The van der Waals surface area contributed by atoms with Gasteiger partial charge in [0.15, 0.2) is 5.82 Å². The fourth-order valence-corrected chi connectivity index (χ4v) is 2.88. The molecule has 0 amide bonds. The maximum Gasteiger partial charge on any atom is 0.163 e. The number of halogens is 2. The summed E-state index contributed by atoms with van der Waals surface area (Å²) >= 11 is 12.2. The molecule has 1 aliphatic rings. The second-order valence-corrected chi connectivity index (χ2v) is 5.64. The van der Waals surface area contributed by atoms with E-state index in [1.165, 1.54) is 0 Å². The van der Waals surface area contributed by atoms with Gasteiger partial charge >= 0.3 is 0 Å². The minimum Gasteiger partial charge on any atom is -0.308 e. The molecule has 2 aromatic rings. The molecule has 0 saturated heterocycles. The minimum atomic E-state index is 0.561. The number of nitrogens with zero attached hydrogens (tertiary/aromatic N) is 2. The number of hydrogen-bond donors (Lipinski definition) is 2. The van der Waals surface area contributed by atoms with Crippen molar-refractivity contribution in [3.8, 4) is 11.4 Å². The van der Waals surface area contributed by atoms with Crippen molar-refractivity contribution in [3.63, 3.8) is 0 Å². The summed E-state index contributed by atoms with van der Waals surface area (Å²) < 4.78 is 0. The summed E-state index contributed by atoms with van der Waals surface area (Å²) in [5.41, 5.74) is 5.56. The van der Waals surface area contributed by atoms with Crippen molar-refractivity contribution in [1.82, 2.24) is 9.97 Å². The second kappa shape index (κ2) is 5.56. The number of anilines is 1. The zero-order valence-electron chi connectivity index (χ0n) is 10.8. The first-order chi connectivity index (χ1) is 9.69. The highest BCUT2D eigenvalue weighted by Crippen LogP contribution is 2.32. The summed E-state index contributed by atoms with van der Waals surface area (Å²) in [6.07, 6.45) is 4.18. The van der Waals surface area contributed by atoms with Crippen LogP contribution in [0, 0.1) is 0 Å². The SMILES string of the molecule is NNc1nc(-c2cc(Cl)ccc2Cl)nc2c1CCCC2. The van der Waals surface area contributed by atoms with E-state index in [9.17, 15) is 0 Å². The Balaban J connectivity index is 2.17. The monoisotopic (exact) mass is 308 g/mol. The Hall–Kier alpha value is -1.36. The Morgan fingerprint density at radius 1 is 1.10 bits per heavy atom. The van der Waals surface area contributed by atoms with Gasteiger partial charge in [-0.15, -0.1) is 0 Å². The van der Waals surface area contributed by atoms with Crippen LogP contribution in [0.15, 0.2) is 18.2 Å². The minimum absolute atomic E-state index is 0.561. The van der Waals surface area contributed by atoms with E-state index in [1.807, 2.05) is 0 Å². The van der Waals surface area contributed by atoms with Crippen LogP contribution in [0.1, 0.15) is 24.1 Å². The van der Waals surface area contributed by atoms with Gasteiger partial charge in [-0.2, -0.15) is 0 Å². The molecule has 20 heavy (non-hydrogen) atoms. The van der Waals surface area contributed by atoms with Gasteiger partial charge in [-0.1, -0.05) is 23.2 Å². The molecular weight excluding hydrogens is 295 g/mol. The molecule has 1 aromatic carbocycles. The molecule has 0 bridgehead atoms. The molecule has 0 saturated carbocycles. The van der Waals surface area contributed by atoms with Crippen molar-refractivity contribution in [3.05, 3.63) is 39.5 Å².